The van der Waals surface area contributed by atoms with Crippen LogP contribution in [0, 0.1) is 12.3 Å². The summed E-state index contributed by atoms with van der Waals surface area (Å²) < 4.78 is 0. The standard InChI is InChI=1S/C28H34N2S.C3H8/c1-21-12-14-22(15-13-21)9-8-18-30-25-17-16-23(19-26(25)29-5)24-10-6-7-11-27(24)31-20-28(2,3)4;1-3-2/h6-7,10-17,19,30H,5,8-9,18,20H2,1-4H3;3H2,1-2H3. The summed E-state index contributed by atoms with van der Waals surface area (Å²) in [7, 11) is 0. The second-order valence-electron chi connectivity index (χ2n) is 9.96. The molecule has 182 valence electrons. The highest BCUT2D eigenvalue weighted by molar-refractivity contribution is 7.99. The number of hydrogen-bond acceptors (Lipinski definition) is 3. The molecule has 0 saturated heterocycles. The number of thioether (sulfide) groups is 1. The lowest BCUT2D eigenvalue weighted by atomic mass is 10.0. The van der Waals surface area contributed by atoms with Gasteiger partial charge in [-0.2, -0.15) is 0 Å². The molecule has 0 unspecified atom stereocenters. The predicted octanol–water partition coefficient (Wildman–Crippen LogP) is 9.59. The first-order valence-electron chi connectivity index (χ1n) is 12.4. The molecule has 0 aliphatic carbocycles. The zero-order chi connectivity index (χ0) is 25.0. The van der Waals surface area contributed by atoms with Crippen LogP contribution in [0.1, 0.15) is 58.6 Å². The molecule has 3 heteroatoms. The summed E-state index contributed by atoms with van der Waals surface area (Å²) in [6.45, 7) is 17.9. The van der Waals surface area contributed by atoms with Gasteiger partial charge in [0.1, 0.15) is 0 Å². The number of anilines is 1. The molecule has 0 bridgehead atoms. The van der Waals surface area contributed by atoms with E-state index in [-0.39, 0.29) is 5.41 Å². The maximum atomic E-state index is 4.30. The van der Waals surface area contributed by atoms with Crippen molar-refractivity contribution in [2.24, 2.45) is 10.4 Å². The summed E-state index contributed by atoms with van der Waals surface area (Å²) in [4.78, 5) is 5.61. The lowest BCUT2D eigenvalue weighted by Gasteiger charge is -2.19. The van der Waals surface area contributed by atoms with Crippen molar-refractivity contribution < 1.29 is 0 Å². The molecule has 1 N–H and O–H groups in total. The van der Waals surface area contributed by atoms with Crippen LogP contribution in [-0.4, -0.2) is 19.0 Å². The number of hydrogen-bond donors (Lipinski definition) is 1. The van der Waals surface area contributed by atoms with E-state index >= 15 is 0 Å². The Bertz CT molecular complexity index is 1020. The Balaban J connectivity index is 0.00000129. The summed E-state index contributed by atoms with van der Waals surface area (Å²) in [5, 5.41) is 3.55. The molecule has 0 aliphatic heterocycles. The predicted molar refractivity (Wildman–Crippen MR) is 155 cm³/mol. The minimum atomic E-state index is 0.290. The Morgan fingerprint density at radius 1 is 0.941 bits per heavy atom. The first-order valence-corrected chi connectivity index (χ1v) is 13.4. The molecule has 3 aromatic carbocycles. The van der Waals surface area contributed by atoms with Gasteiger partial charge >= 0.3 is 0 Å². The van der Waals surface area contributed by atoms with Crippen LogP contribution in [0.15, 0.2) is 76.6 Å². The van der Waals surface area contributed by atoms with Crippen molar-refractivity contribution in [3.63, 3.8) is 0 Å². The monoisotopic (exact) mass is 474 g/mol. The number of aryl methyl sites for hydroxylation is 2. The van der Waals surface area contributed by atoms with Gasteiger partial charge in [-0.3, -0.25) is 4.99 Å². The van der Waals surface area contributed by atoms with Gasteiger partial charge in [-0.05, 0) is 66.8 Å². The van der Waals surface area contributed by atoms with Gasteiger partial charge in [-0.15, -0.1) is 11.8 Å². The van der Waals surface area contributed by atoms with Crippen molar-refractivity contribution in [3.8, 4) is 11.1 Å². The van der Waals surface area contributed by atoms with E-state index < -0.39 is 0 Å². The maximum Gasteiger partial charge on any atom is 0.0859 e. The third-order valence-electron chi connectivity index (χ3n) is 5.11. The minimum Gasteiger partial charge on any atom is -0.383 e. The van der Waals surface area contributed by atoms with Gasteiger partial charge in [0.2, 0.25) is 0 Å². The number of aliphatic imine (C=N–C) groups is 1. The van der Waals surface area contributed by atoms with Crippen LogP contribution in [0.25, 0.3) is 11.1 Å². The van der Waals surface area contributed by atoms with Crippen LogP contribution >= 0.6 is 11.8 Å². The molecular formula is C31H42N2S. The Hall–Kier alpha value is -2.52. The van der Waals surface area contributed by atoms with E-state index in [1.807, 2.05) is 11.8 Å². The second kappa shape index (κ2) is 14.0. The molecule has 3 rings (SSSR count). The van der Waals surface area contributed by atoms with E-state index in [9.17, 15) is 0 Å². The molecule has 0 heterocycles. The molecule has 0 radical (unpaired) electrons. The van der Waals surface area contributed by atoms with Crippen LogP contribution < -0.4 is 5.32 Å². The number of benzene rings is 3. The van der Waals surface area contributed by atoms with Crippen LogP contribution in [0.2, 0.25) is 0 Å². The van der Waals surface area contributed by atoms with Crippen LogP contribution in [0.3, 0.4) is 0 Å². The van der Waals surface area contributed by atoms with E-state index in [0.717, 1.165) is 36.5 Å². The molecular weight excluding hydrogens is 432 g/mol. The SMILES string of the molecule is C=Nc1cc(-c2ccccc2SCC(C)(C)C)ccc1NCCCc1ccc(C)cc1.CCC. The largest absolute Gasteiger partial charge is 0.383 e. The van der Waals surface area contributed by atoms with Gasteiger partial charge in [0, 0.05) is 17.2 Å². The van der Waals surface area contributed by atoms with Crippen molar-refractivity contribution in [2.45, 2.75) is 65.7 Å². The molecule has 34 heavy (non-hydrogen) atoms. The summed E-state index contributed by atoms with van der Waals surface area (Å²) in [5.41, 5.74) is 7.37. The van der Waals surface area contributed by atoms with E-state index in [4.69, 9.17) is 0 Å². The van der Waals surface area contributed by atoms with E-state index in [1.165, 1.54) is 33.6 Å². The molecule has 0 aliphatic rings. The number of nitrogens with one attached hydrogen (secondary N) is 1. The third kappa shape index (κ3) is 9.38. The summed E-state index contributed by atoms with van der Waals surface area (Å²) in [6.07, 6.45) is 3.40. The maximum absolute atomic E-state index is 4.30. The fourth-order valence-corrected chi connectivity index (χ4v) is 4.48. The number of nitrogens with zero attached hydrogens (tertiary/aromatic N) is 1. The Morgan fingerprint density at radius 2 is 1.62 bits per heavy atom. The smallest absolute Gasteiger partial charge is 0.0859 e. The van der Waals surface area contributed by atoms with Crippen LogP contribution in [0.4, 0.5) is 11.4 Å². The van der Waals surface area contributed by atoms with Gasteiger partial charge in [0.25, 0.3) is 0 Å². The quantitative estimate of drug-likeness (QED) is 0.190. The molecule has 0 amide bonds. The zero-order valence-corrected chi connectivity index (χ0v) is 22.8. The van der Waals surface area contributed by atoms with Crippen molar-refractivity contribution in [1.29, 1.82) is 0 Å². The average molecular weight is 475 g/mol. The lowest BCUT2D eigenvalue weighted by molar-refractivity contribution is 0.481. The van der Waals surface area contributed by atoms with Crippen LogP contribution in [0.5, 0.6) is 0 Å². The van der Waals surface area contributed by atoms with Gasteiger partial charge < -0.3 is 5.32 Å². The topological polar surface area (TPSA) is 24.4 Å². The minimum absolute atomic E-state index is 0.290. The van der Waals surface area contributed by atoms with E-state index in [1.54, 1.807) is 0 Å². The normalized spacial score (nSPS) is 10.9. The lowest BCUT2D eigenvalue weighted by Crippen LogP contribution is -2.08. The highest BCUT2D eigenvalue weighted by Crippen LogP contribution is 2.37. The molecule has 0 aromatic heterocycles. The Kier molecular flexibility index (Phi) is 11.4. The summed E-state index contributed by atoms with van der Waals surface area (Å²) in [6, 6.07) is 23.9. The van der Waals surface area contributed by atoms with Crippen molar-refractivity contribution in [2.75, 3.05) is 17.6 Å². The Labute approximate surface area is 212 Å². The fourth-order valence-electron chi connectivity index (χ4n) is 3.38. The van der Waals surface area contributed by atoms with E-state index in [2.05, 4.69) is 125 Å². The third-order valence-corrected chi connectivity index (χ3v) is 6.78. The molecule has 3 aromatic rings. The summed E-state index contributed by atoms with van der Waals surface area (Å²) in [5.74, 6) is 1.08. The Morgan fingerprint density at radius 3 is 2.26 bits per heavy atom. The van der Waals surface area contributed by atoms with Crippen molar-refractivity contribution in [3.05, 3.63) is 77.9 Å². The van der Waals surface area contributed by atoms with Crippen molar-refractivity contribution >= 4 is 29.9 Å². The average Bonchev–Trinajstić information content (AvgIpc) is 2.82. The molecule has 0 saturated carbocycles. The van der Waals surface area contributed by atoms with Crippen molar-refractivity contribution in [1.82, 2.24) is 0 Å². The fraction of sp³-hybridized carbons (Fsp3) is 0.387. The van der Waals surface area contributed by atoms with E-state index in [0.29, 0.717) is 0 Å². The van der Waals surface area contributed by atoms with Gasteiger partial charge in [0.05, 0.1) is 11.4 Å². The zero-order valence-electron chi connectivity index (χ0n) is 21.9. The van der Waals surface area contributed by atoms with Crippen LogP contribution in [-0.2, 0) is 6.42 Å². The molecule has 2 nitrogen and oxygen atoms in total. The second-order valence-corrected chi connectivity index (χ2v) is 11.0. The summed E-state index contributed by atoms with van der Waals surface area (Å²) >= 11 is 1.92. The molecule has 0 spiro atoms. The highest BCUT2D eigenvalue weighted by Gasteiger charge is 2.14. The van der Waals surface area contributed by atoms with Gasteiger partial charge in [-0.25, -0.2) is 0 Å². The van der Waals surface area contributed by atoms with Gasteiger partial charge in [0.15, 0.2) is 0 Å². The number of rotatable bonds is 9. The molecule has 0 atom stereocenters. The first kappa shape index (κ1) is 27.7. The molecule has 0 fully saturated rings. The van der Waals surface area contributed by atoms with Gasteiger partial charge in [-0.1, -0.05) is 95.1 Å². The highest BCUT2D eigenvalue weighted by atomic mass is 32.2. The first-order chi connectivity index (χ1) is 16.3.